The number of nitrogens with zero attached hydrogens (tertiary/aromatic N) is 1. The van der Waals surface area contributed by atoms with Crippen LogP contribution in [-0.2, 0) is 25.7 Å². The fourth-order valence-electron chi connectivity index (χ4n) is 3.02. The summed E-state index contributed by atoms with van der Waals surface area (Å²) in [4.78, 5) is 38.2. The lowest BCUT2D eigenvalue weighted by Crippen LogP contribution is -2.45. The van der Waals surface area contributed by atoms with E-state index >= 15 is 0 Å². The summed E-state index contributed by atoms with van der Waals surface area (Å²) in [5.41, 5.74) is 1.03. The smallest absolute Gasteiger partial charge is 0.328 e. The third-order valence-corrected chi connectivity index (χ3v) is 4.31. The van der Waals surface area contributed by atoms with Gasteiger partial charge in [-0.1, -0.05) is 44.2 Å². The Hall–Kier alpha value is -2.37. The molecule has 0 radical (unpaired) electrons. The van der Waals surface area contributed by atoms with Gasteiger partial charge < -0.3 is 15.0 Å². The van der Waals surface area contributed by atoms with Gasteiger partial charge in [-0.25, -0.2) is 4.79 Å². The maximum atomic E-state index is 12.5. The molecule has 6 heteroatoms. The van der Waals surface area contributed by atoms with E-state index in [1.54, 1.807) is 4.90 Å². The zero-order valence-corrected chi connectivity index (χ0v) is 15.0. The summed E-state index contributed by atoms with van der Waals surface area (Å²) in [6, 6.07) is 9.01. The van der Waals surface area contributed by atoms with Gasteiger partial charge in [-0.2, -0.15) is 0 Å². The maximum Gasteiger partial charge on any atom is 0.328 e. The van der Waals surface area contributed by atoms with Crippen molar-refractivity contribution >= 4 is 17.8 Å². The van der Waals surface area contributed by atoms with Crippen LogP contribution in [0.4, 0.5) is 0 Å². The largest absolute Gasteiger partial charge is 0.467 e. The van der Waals surface area contributed by atoms with Crippen molar-refractivity contribution in [3.63, 3.8) is 0 Å². The van der Waals surface area contributed by atoms with Gasteiger partial charge in [0.05, 0.1) is 13.0 Å². The normalized spacial score (nSPS) is 18.3. The topological polar surface area (TPSA) is 75.7 Å². The molecule has 25 heavy (non-hydrogen) atoms. The molecule has 0 aliphatic carbocycles. The van der Waals surface area contributed by atoms with Crippen molar-refractivity contribution < 1.29 is 19.1 Å². The SMILES string of the molecule is COC(=O)[C@@H](CC(C)C)NC(=O)[C@@H]1CC(=O)N(Cc2ccccc2)C1. The van der Waals surface area contributed by atoms with Crippen LogP contribution in [0, 0.1) is 11.8 Å². The number of likely N-dealkylation sites (tertiary alicyclic amines) is 1. The molecule has 0 saturated carbocycles. The second-order valence-corrected chi connectivity index (χ2v) is 6.87. The molecule has 2 amide bonds. The van der Waals surface area contributed by atoms with Crippen LogP contribution >= 0.6 is 0 Å². The van der Waals surface area contributed by atoms with Gasteiger partial charge >= 0.3 is 5.97 Å². The van der Waals surface area contributed by atoms with Gasteiger partial charge in [0, 0.05) is 19.5 Å². The second-order valence-electron chi connectivity index (χ2n) is 6.87. The van der Waals surface area contributed by atoms with Crippen LogP contribution in [0.15, 0.2) is 30.3 Å². The van der Waals surface area contributed by atoms with Crippen molar-refractivity contribution in [2.45, 2.75) is 39.3 Å². The molecule has 1 heterocycles. The number of ether oxygens (including phenoxy) is 1. The fourth-order valence-corrected chi connectivity index (χ4v) is 3.02. The zero-order chi connectivity index (χ0) is 18.4. The summed E-state index contributed by atoms with van der Waals surface area (Å²) >= 11 is 0. The van der Waals surface area contributed by atoms with Crippen LogP contribution in [-0.4, -0.2) is 42.4 Å². The number of hydrogen-bond acceptors (Lipinski definition) is 4. The number of methoxy groups -OCH3 is 1. The van der Waals surface area contributed by atoms with Crippen LogP contribution in [0.2, 0.25) is 0 Å². The Bertz CT molecular complexity index is 615. The highest BCUT2D eigenvalue weighted by Gasteiger charge is 2.36. The molecular formula is C19H26N2O4. The van der Waals surface area contributed by atoms with E-state index in [1.165, 1.54) is 7.11 Å². The monoisotopic (exact) mass is 346 g/mol. The number of carbonyl (C=O) groups is 3. The van der Waals surface area contributed by atoms with Gasteiger partial charge in [-0.3, -0.25) is 9.59 Å². The molecule has 6 nitrogen and oxygen atoms in total. The van der Waals surface area contributed by atoms with Gasteiger partial charge in [0.15, 0.2) is 0 Å². The minimum absolute atomic E-state index is 0.0394. The van der Waals surface area contributed by atoms with E-state index in [-0.39, 0.29) is 24.2 Å². The Morgan fingerprint density at radius 1 is 1.28 bits per heavy atom. The maximum absolute atomic E-state index is 12.5. The molecule has 2 atom stereocenters. The summed E-state index contributed by atoms with van der Waals surface area (Å²) < 4.78 is 4.77. The number of esters is 1. The minimum atomic E-state index is -0.671. The Kier molecular flexibility index (Phi) is 6.56. The predicted octanol–water partition coefficient (Wildman–Crippen LogP) is 1.74. The molecule has 0 bridgehead atoms. The summed E-state index contributed by atoms with van der Waals surface area (Å²) in [5, 5.41) is 2.75. The lowest BCUT2D eigenvalue weighted by atomic mass is 10.0. The van der Waals surface area contributed by atoms with E-state index in [9.17, 15) is 14.4 Å². The van der Waals surface area contributed by atoms with Crippen LogP contribution in [0.25, 0.3) is 0 Å². The first-order chi connectivity index (χ1) is 11.9. The van der Waals surface area contributed by atoms with Crippen molar-refractivity contribution in [2.75, 3.05) is 13.7 Å². The molecule has 1 aliphatic rings. The fraction of sp³-hybridized carbons (Fsp3) is 0.526. The van der Waals surface area contributed by atoms with Crippen molar-refractivity contribution in [3.05, 3.63) is 35.9 Å². The highest BCUT2D eigenvalue weighted by atomic mass is 16.5. The Balaban J connectivity index is 1.95. The van der Waals surface area contributed by atoms with Crippen molar-refractivity contribution in [3.8, 4) is 0 Å². The van der Waals surface area contributed by atoms with Crippen LogP contribution in [0.3, 0.4) is 0 Å². The summed E-state index contributed by atoms with van der Waals surface area (Å²) in [7, 11) is 1.31. The van der Waals surface area contributed by atoms with Gasteiger partial charge in [-0.05, 0) is 17.9 Å². The quantitative estimate of drug-likeness (QED) is 0.763. The Morgan fingerprint density at radius 2 is 1.96 bits per heavy atom. The van der Waals surface area contributed by atoms with Crippen LogP contribution in [0.5, 0.6) is 0 Å². The lowest BCUT2D eigenvalue weighted by molar-refractivity contribution is -0.146. The average molecular weight is 346 g/mol. The number of benzene rings is 1. The summed E-state index contributed by atoms with van der Waals surface area (Å²) in [6.45, 7) is 4.82. The molecule has 0 unspecified atom stereocenters. The molecule has 1 fully saturated rings. The van der Waals surface area contributed by atoms with E-state index in [2.05, 4.69) is 5.32 Å². The third kappa shape index (κ3) is 5.31. The standard InChI is InChI=1S/C19H26N2O4/c1-13(2)9-16(19(24)25-3)20-18(23)15-10-17(22)21(12-15)11-14-7-5-4-6-8-14/h4-8,13,15-16H,9-12H2,1-3H3,(H,20,23)/t15-,16-/m1/s1. The van der Waals surface area contributed by atoms with E-state index in [0.29, 0.717) is 19.5 Å². The van der Waals surface area contributed by atoms with Crippen LogP contribution < -0.4 is 5.32 Å². The molecular weight excluding hydrogens is 320 g/mol. The molecule has 0 aromatic heterocycles. The van der Waals surface area contributed by atoms with Crippen LogP contribution in [0.1, 0.15) is 32.3 Å². The highest BCUT2D eigenvalue weighted by Crippen LogP contribution is 2.21. The summed E-state index contributed by atoms with van der Waals surface area (Å²) in [5.74, 6) is -0.949. The van der Waals surface area contributed by atoms with Gasteiger partial charge in [0.2, 0.25) is 11.8 Å². The molecule has 136 valence electrons. The first-order valence-electron chi connectivity index (χ1n) is 8.60. The zero-order valence-electron chi connectivity index (χ0n) is 15.0. The van der Waals surface area contributed by atoms with Crippen molar-refractivity contribution in [1.29, 1.82) is 0 Å². The Labute approximate surface area is 148 Å². The molecule has 2 rings (SSSR count). The average Bonchev–Trinajstić information content (AvgIpc) is 2.95. The molecule has 1 aromatic carbocycles. The van der Waals surface area contributed by atoms with E-state index in [1.807, 2.05) is 44.2 Å². The third-order valence-electron chi connectivity index (χ3n) is 4.31. The van der Waals surface area contributed by atoms with Gasteiger partial charge in [-0.15, -0.1) is 0 Å². The van der Waals surface area contributed by atoms with Crippen molar-refractivity contribution in [1.82, 2.24) is 10.2 Å². The number of nitrogens with one attached hydrogen (secondary N) is 1. The number of rotatable bonds is 7. The first-order valence-corrected chi connectivity index (χ1v) is 8.60. The summed E-state index contributed by atoms with van der Waals surface area (Å²) in [6.07, 6.45) is 0.682. The number of hydrogen-bond donors (Lipinski definition) is 1. The highest BCUT2D eigenvalue weighted by molar-refractivity contribution is 5.91. The molecule has 1 aliphatic heterocycles. The predicted molar refractivity (Wildman–Crippen MR) is 93.4 cm³/mol. The number of amides is 2. The molecule has 1 aromatic rings. The molecule has 1 N–H and O–H groups in total. The van der Waals surface area contributed by atoms with Gasteiger partial charge in [0.25, 0.3) is 0 Å². The van der Waals surface area contributed by atoms with Gasteiger partial charge in [0.1, 0.15) is 6.04 Å². The Morgan fingerprint density at radius 3 is 2.56 bits per heavy atom. The second kappa shape index (κ2) is 8.65. The van der Waals surface area contributed by atoms with Crippen molar-refractivity contribution in [2.24, 2.45) is 11.8 Å². The molecule has 0 spiro atoms. The number of carbonyl (C=O) groups excluding carboxylic acids is 3. The lowest BCUT2D eigenvalue weighted by Gasteiger charge is -2.20. The molecule has 1 saturated heterocycles. The van der Waals surface area contributed by atoms with E-state index in [0.717, 1.165) is 5.56 Å². The first kappa shape index (κ1) is 19.0. The van der Waals surface area contributed by atoms with E-state index < -0.39 is 17.9 Å². The minimum Gasteiger partial charge on any atom is -0.467 e. The van der Waals surface area contributed by atoms with E-state index in [4.69, 9.17) is 4.74 Å².